The first-order chi connectivity index (χ1) is 12.7. The fourth-order valence-corrected chi connectivity index (χ4v) is 4.75. The highest BCUT2D eigenvalue weighted by atomic mass is 16.2. The van der Waals surface area contributed by atoms with Gasteiger partial charge in [-0.15, -0.1) is 0 Å². The Morgan fingerprint density at radius 3 is 2.54 bits per heavy atom. The Balaban J connectivity index is 1.25. The summed E-state index contributed by atoms with van der Waals surface area (Å²) in [7, 11) is 0. The van der Waals surface area contributed by atoms with E-state index in [9.17, 15) is 9.59 Å². The molecule has 2 N–H and O–H groups in total. The normalized spacial score (nSPS) is 28.2. The van der Waals surface area contributed by atoms with E-state index in [2.05, 4.69) is 10.6 Å². The second kappa shape index (κ2) is 7.78. The van der Waals surface area contributed by atoms with Crippen molar-refractivity contribution >= 4 is 17.5 Å². The summed E-state index contributed by atoms with van der Waals surface area (Å²) in [6.07, 6.45) is 8.19. The number of piperidine rings is 2. The lowest BCUT2D eigenvalue weighted by Crippen LogP contribution is -2.39. The summed E-state index contributed by atoms with van der Waals surface area (Å²) in [5.74, 6) is 0.904. The standard InChI is InChI=1S/C21H29N3O2/c25-20(13-16-11-17-6-7-18(12-16)23-17)22-14-15-4-8-19(9-5-15)24-10-2-1-3-21(24)26/h4-5,8-9,16-18,23H,1-3,6-7,10-14H2,(H,22,25). The molecule has 4 rings (SSSR count). The number of nitrogens with one attached hydrogen (secondary N) is 2. The minimum atomic E-state index is 0.159. The summed E-state index contributed by atoms with van der Waals surface area (Å²) < 4.78 is 0. The molecule has 0 spiro atoms. The van der Waals surface area contributed by atoms with Crippen molar-refractivity contribution in [1.29, 1.82) is 0 Å². The van der Waals surface area contributed by atoms with Crippen LogP contribution in [0.5, 0.6) is 0 Å². The number of benzene rings is 1. The van der Waals surface area contributed by atoms with Crippen molar-refractivity contribution in [2.24, 2.45) is 5.92 Å². The number of carbonyl (C=O) groups is 2. The third-order valence-corrected chi connectivity index (χ3v) is 6.11. The Kier molecular flexibility index (Phi) is 5.25. The van der Waals surface area contributed by atoms with Gasteiger partial charge < -0.3 is 15.5 Å². The van der Waals surface area contributed by atoms with Crippen molar-refractivity contribution in [2.75, 3.05) is 11.4 Å². The van der Waals surface area contributed by atoms with Crippen LogP contribution in [0.3, 0.4) is 0 Å². The van der Waals surface area contributed by atoms with Gasteiger partial charge in [0.2, 0.25) is 11.8 Å². The van der Waals surface area contributed by atoms with E-state index >= 15 is 0 Å². The lowest BCUT2D eigenvalue weighted by Gasteiger charge is -2.28. The number of fused-ring (bicyclic) bond motifs is 2. The third-order valence-electron chi connectivity index (χ3n) is 6.11. The summed E-state index contributed by atoms with van der Waals surface area (Å²) in [6, 6.07) is 9.29. The van der Waals surface area contributed by atoms with Crippen molar-refractivity contribution in [3.05, 3.63) is 29.8 Å². The number of amides is 2. The number of anilines is 1. The highest BCUT2D eigenvalue weighted by Gasteiger charge is 2.34. The molecule has 2 bridgehead atoms. The zero-order valence-corrected chi connectivity index (χ0v) is 15.4. The molecule has 3 heterocycles. The Hall–Kier alpha value is -1.88. The molecule has 0 radical (unpaired) electrons. The average Bonchev–Trinajstić information content (AvgIpc) is 2.99. The highest BCUT2D eigenvalue weighted by Crippen LogP contribution is 2.32. The van der Waals surface area contributed by atoms with Crippen LogP contribution in [-0.4, -0.2) is 30.4 Å². The van der Waals surface area contributed by atoms with Gasteiger partial charge in [0, 0.05) is 43.7 Å². The van der Waals surface area contributed by atoms with Crippen LogP contribution in [0.2, 0.25) is 0 Å². The van der Waals surface area contributed by atoms with Crippen LogP contribution in [0.1, 0.15) is 56.9 Å². The maximum Gasteiger partial charge on any atom is 0.226 e. The summed E-state index contributed by atoms with van der Waals surface area (Å²) >= 11 is 0. The van der Waals surface area contributed by atoms with Crippen LogP contribution < -0.4 is 15.5 Å². The third kappa shape index (κ3) is 4.09. The van der Waals surface area contributed by atoms with E-state index in [1.54, 1.807) is 0 Å². The number of rotatable bonds is 5. The molecule has 2 amide bonds. The molecule has 1 aromatic carbocycles. The van der Waals surface area contributed by atoms with E-state index in [0.29, 0.717) is 37.4 Å². The Bertz CT molecular complexity index is 646. The lowest BCUT2D eigenvalue weighted by molar-refractivity contribution is -0.122. The molecule has 0 saturated carbocycles. The van der Waals surface area contributed by atoms with Gasteiger partial charge in [-0.1, -0.05) is 12.1 Å². The van der Waals surface area contributed by atoms with Gasteiger partial charge in [0.1, 0.15) is 0 Å². The van der Waals surface area contributed by atoms with Crippen LogP contribution >= 0.6 is 0 Å². The first-order valence-electron chi connectivity index (χ1n) is 10.1. The summed E-state index contributed by atoms with van der Waals surface area (Å²) in [5, 5.41) is 6.69. The van der Waals surface area contributed by atoms with Crippen LogP contribution in [0, 0.1) is 5.92 Å². The molecule has 0 aromatic heterocycles. The molecule has 3 saturated heterocycles. The molecule has 26 heavy (non-hydrogen) atoms. The number of hydrogen-bond donors (Lipinski definition) is 2. The summed E-state index contributed by atoms with van der Waals surface area (Å²) in [5.41, 5.74) is 2.05. The van der Waals surface area contributed by atoms with Crippen molar-refractivity contribution in [3.63, 3.8) is 0 Å². The largest absolute Gasteiger partial charge is 0.352 e. The van der Waals surface area contributed by atoms with E-state index in [4.69, 9.17) is 0 Å². The van der Waals surface area contributed by atoms with Crippen molar-refractivity contribution in [3.8, 4) is 0 Å². The topological polar surface area (TPSA) is 61.4 Å². The predicted molar refractivity (Wildman–Crippen MR) is 102 cm³/mol. The molecular weight excluding hydrogens is 326 g/mol. The number of carbonyl (C=O) groups excluding carboxylic acids is 2. The second-order valence-corrected chi connectivity index (χ2v) is 8.13. The summed E-state index contributed by atoms with van der Waals surface area (Å²) in [4.78, 5) is 26.2. The first kappa shape index (κ1) is 17.5. The molecule has 2 unspecified atom stereocenters. The van der Waals surface area contributed by atoms with E-state index in [-0.39, 0.29) is 11.8 Å². The van der Waals surface area contributed by atoms with E-state index in [0.717, 1.165) is 43.5 Å². The monoisotopic (exact) mass is 355 g/mol. The molecule has 5 heteroatoms. The number of nitrogens with zero attached hydrogens (tertiary/aromatic N) is 1. The zero-order valence-electron chi connectivity index (χ0n) is 15.4. The van der Waals surface area contributed by atoms with Gasteiger partial charge in [0.25, 0.3) is 0 Å². The fraction of sp³-hybridized carbons (Fsp3) is 0.619. The van der Waals surface area contributed by atoms with Gasteiger partial charge in [-0.25, -0.2) is 0 Å². The van der Waals surface area contributed by atoms with Crippen LogP contribution in [0.4, 0.5) is 5.69 Å². The molecule has 3 aliphatic rings. The van der Waals surface area contributed by atoms with Crippen LogP contribution in [0.15, 0.2) is 24.3 Å². The summed E-state index contributed by atoms with van der Waals surface area (Å²) in [6.45, 7) is 1.37. The molecule has 3 aliphatic heterocycles. The van der Waals surface area contributed by atoms with Crippen LogP contribution in [0.25, 0.3) is 0 Å². The van der Waals surface area contributed by atoms with Crippen molar-refractivity contribution in [1.82, 2.24) is 10.6 Å². The average molecular weight is 355 g/mol. The van der Waals surface area contributed by atoms with Crippen molar-refractivity contribution in [2.45, 2.75) is 70.0 Å². The minimum absolute atomic E-state index is 0.159. The quantitative estimate of drug-likeness (QED) is 0.854. The Labute approximate surface area is 155 Å². The van der Waals surface area contributed by atoms with Gasteiger partial charge in [0.05, 0.1) is 0 Å². The zero-order chi connectivity index (χ0) is 17.9. The molecule has 140 valence electrons. The lowest BCUT2D eigenvalue weighted by atomic mass is 9.89. The smallest absolute Gasteiger partial charge is 0.226 e. The second-order valence-electron chi connectivity index (χ2n) is 8.13. The number of hydrogen-bond acceptors (Lipinski definition) is 3. The van der Waals surface area contributed by atoms with E-state index in [1.165, 1.54) is 12.8 Å². The predicted octanol–water partition coefficient (Wildman–Crippen LogP) is 2.74. The Morgan fingerprint density at radius 2 is 1.85 bits per heavy atom. The molecule has 3 fully saturated rings. The van der Waals surface area contributed by atoms with E-state index in [1.807, 2.05) is 29.2 Å². The van der Waals surface area contributed by atoms with E-state index < -0.39 is 0 Å². The Morgan fingerprint density at radius 1 is 1.12 bits per heavy atom. The maximum absolute atomic E-state index is 12.3. The molecule has 5 nitrogen and oxygen atoms in total. The van der Waals surface area contributed by atoms with Crippen molar-refractivity contribution < 1.29 is 9.59 Å². The van der Waals surface area contributed by atoms with Gasteiger partial charge in [0.15, 0.2) is 0 Å². The fourth-order valence-electron chi connectivity index (χ4n) is 4.75. The SMILES string of the molecule is O=C(CC1CC2CCC(C1)N2)NCc1ccc(N2CCCCC2=O)cc1. The van der Waals surface area contributed by atoms with Gasteiger partial charge in [-0.3, -0.25) is 9.59 Å². The highest BCUT2D eigenvalue weighted by molar-refractivity contribution is 5.93. The van der Waals surface area contributed by atoms with Crippen LogP contribution in [-0.2, 0) is 16.1 Å². The van der Waals surface area contributed by atoms with Gasteiger partial charge >= 0.3 is 0 Å². The molecule has 1 aromatic rings. The molecular formula is C21H29N3O2. The first-order valence-corrected chi connectivity index (χ1v) is 10.1. The van der Waals surface area contributed by atoms with Gasteiger partial charge in [-0.05, 0) is 62.1 Å². The minimum Gasteiger partial charge on any atom is -0.352 e. The molecule has 0 aliphatic carbocycles. The molecule has 2 atom stereocenters. The van der Waals surface area contributed by atoms with Gasteiger partial charge in [-0.2, -0.15) is 0 Å². The maximum atomic E-state index is 12.3.